The Balaban J connectivity index is 0.00000243. The number of hydrogen-bond donors (Lipinski definition) is 2. The van der Waals surface area contributed by atoms with Gasteiger partial charge >= 0.3 is 0 Å². The molecule has 0 radical (unpaired) electrons. The van der Waals surface area contributed by atoms with Gasteiger partial charge in [0, 0.05) is 39.0 Å². The third-order valence-corrected chi connectivity index (χ3v) is 5.52. The molecule has 1 aromatic rings. The largest absolute Gasteiger partial charge is 0.370 e. The van der Waals surface area contributed by atoms with E-state index in [1.165, 1.54) is 30.4 Å². The molecule has 26 heavy (non-hydrogen) atoms. The van der Waals surface area contributed by atoms with E-state index in [4.69, 9.17) is 5.73 Å². The molecule has 5 nitrogen and oxygen atoms in total. The van der Waals surface area contributed by atoms with Crippen LogP contribution in [0.15, 0.2) is 29.3 Å². The van der Waals surface area contributed by atoms with Gasteiger partial charge in [-0.25, -0.2) is 0 Å². The highest BCUT2D eigenvalue weighted by Gasteiger charge is 2.25. The second-order valence-electron chi connectivity index (χ2n) is 7.34. The smallest absolute Gasteiger partial charge is 0.217 e. The Labute approximate surface area is 173 Å². The quantitative estimate of drug-likeness (QED) is 0.404. The van der Waals surface area contributed by atoms with Crippen molar-refractivity contribution < 1.29 is 4.79 Å². The molecule has 0 saturated carbocycles. The molecule has 1 heterocycles. The maximum absolute atomic E-state index is 11.2. The molecule has 3 N–H and O–H groups in total. The Morgan fingerprint density at radius 2 is 2.12 bits per heavy atom. The zero-order valence-electron chi connectivity index (χ0n) is 15.6. The van der Waals surface area contributed by atoms with Crippen molar-refractivity contribution in [3.05, 3.63) is 35.4 Å². The molecular weight excluding hydrogens is 439 g/mol. The Kier molecular flexibility index (Phi) is 8.18. The van der Waals surface area contributed by atoms with E-state index in [1.807, 2.05) is 7.05 Å². The predicted octanol–water partition coefficient (Wildman–Crippen LogP) is 2.89. The van der Waals surface area contributed by atoms with Crippen LogP contribution in [0.5, 0.6) is 0 Å². The van der Waals surface area contributed by atoms with E-state index >= 15 is 0 Å². The van der Waals surface area contributed by atoms with Crippen LogP contribution < -0.4 is 11.1 Å². The summed E-state index contributed by atoms with van der Waals surface area (Å²) in [6.07, 6.45) is 6.32. The van der Waals surface area contributed by atoms with Crippen molar-refractivity contribution in [1.82, 2.24) is 10.2 Å². The molecule has 1 aliphatic carbocycles. The lowest BCUT2D eigenvalue weighted by atomic mass is 9.83. The van der Waals surface area contributed by atoms with Crippen LogP contribution >= 0.6 is 24.0 Å². The number of fused-ring (bicyclic) bond motifs is 1. The van der Waals surface area contributed by atoms with Crippen LogP contribution in [0.4, 0.5) is 0 Å². The zero-order valence-corrected chi connectivity index (χ0v) is 17.9. The number of primary amides is 1. The number of nitrogens with zero attached hydrogens (tertiary/aromatic N) is 2. The van der Waals surface area contributed by atoms with E-state index in [0.29, 0.717) is 18.3 Å². The van der Waals surface area contributed by atoms with Gasteiger partial charge in [0.15, 0.2) is 5.96 Å². The summed E-state index contributed by atoms with van der Waals surface area (Å²) in [4.78, 5) is 18.0. The van der Waals surface area contributed by atoms with Gasteiger partial charge in [-0.2, -0.15) is 0 Å². The van der Waals surface area contributed by atoms with Crippen LogP contribution in [-0.4, -0.2) is 43.4 Å². The molecule has 0 spiro atoms. The molecule has 2 unspecified atom stereocenters. The third-order valence-electron chi connectivity index (χ3n) is 5.52. The van der Waals surface area contributed by atoms with Crippen LogP contribution in [0.3, 0.4) is 0 Å². The minimum Gasteiger partial charge on any atom is -0.370 e. The van der Waals surface area contributed by atoms with E-state index in [9.17, 15) is 4.79 Å². The van der Waals surface area contributed by atoms with E-state index in [1.54, 1.807) is 0 Å². The van der Waals surface area contributed by atoms with E-state index in [-0.39, 0.29) is 29.9 Å². The number of amides is 1. The number of aryl methyl sites for hydroxylation is 1. The fraction of sp³-hybridized carbons (Fsp3) is 0.600. The number of likely N-dealkylation sites (tertiary alicyclic amines) is 1. The summed E-state index contributed by atoms with van der Waals surface area (Å²) in [5, 5.41) is 3.58. The number of aliphatic imine (C=N–C) groups is 1. The lowest BCUT2D eigenvalue weighted by molar-refractivity contribution is -0.119. The van der Waals surface area contributed by atoms with Crippen molar-refractivity contribution in [2.24, 2.45) is 16.6 Å². The monoisotopic (exact) mass is 470 g/mol. The highest BCUT2D eigenvalue weighted by molar-refractivity contribution is 14.0. The van der Waals surface area contributed by atoms with Crippen molar-refractivity contribution >= 4 is 35.8 Å². The molecule has 0 aromatic heterocycles. The van der Waals surface area contributed by atoms with Crippen LogP contribution in [-0.2, 0) is 11.2 Å². The average molecular weight is 470 g/mol. The summed E-state index contributed by atoms with van der Waals surface area (Å²) in [5.41, 5.74) is 8.36. The van der Waals surface area contributed by atoms with Crippen LogP contribution in [0.2, 0.25) is 0 Å². The summed E-state index contributed by atoms with van der Waals surface area (Å²) in [5.74, 6) is 1.65. The fourth-order valence-electron chi connectivity index (χ4n) is 4.32. The number of carbonyl (C=O) groups excluding carboxylic acids is 1. The number of hydrogen-bond acceptors (Lipinski definition) is 2. The summed E-state index contributed by atoms with van der Waals surface area (Å²) in [6.45, 7) is 2.78. The molecule has 2 atom stereocenters. The van der Waals surface area contributed by atoms with E-state index in [0.717, 1.165) is 38.4 Å². The fourth-order valence-corrected chi connectivity index (χ4v) is 4.32. The van der Waals surface area contributed by atoms with Gasteiger partial charge in [-0.1, -0.05) is 24.3 Å². The first-order valence-corrected chi connectivity index (χ1v) is 9.49. The van der Waals surface area contributed by atoms with Gasteiger partial charge in [0.25, 0.3) is 0 Å². The average Bonchev–Trinajstić information content (AvgIpc) is 2.62. The van der Waals surface area contributed by atoms with Gasteiger partial charge in [-0.15, -0.1) is 24.0 Å². The molecule has 144 valence electrons. The molecule has 1 aliphatic heterocycles. The zero-order chi connectivity index (χ0) is 17.6. The van der Waals surface area contributed by atoms with Crippen molar-refractivity contribution in [3.8, 4) is 0 Å². The van der Waals surface area contributed by atoms with E-state index < -0.39 is 0 Å². The highest BCUT2D eigenvalue weighted by atomic mass is 127. The Morgan fingerprint density at radius 1 is 1.31 bits per heavy atom. The molecular formula is C20H31IN4O. The third kappa shape index (κ3) is 5.34. The Hall–Kier alpha value is -1.31. The van der Waals surface area contributed by atoms with Crippen molar-refractivity contribution in [1.29, 1.82) is 0 Å². The lowest BCUT2D eigenvalue weighted by Crippen LogP contribution is -2.48. The van der Waals surface area contributed by atoms with Crippen LogP contribution in [0.25, 0.3) is 0 Å². The molecule has 1 saturated heterocycles. The summed E-state index contributed by atoms with van der Waals surface area (Å²) >= 11 is 0. The normalized spacial score (nSPS) is 23.0. The number of nitrogens with one attached hydrogen (secondary N) is 1. The van der Waals surface area contributed by atoms with Gasteiger partial charge in [0.2, 0.25) is 5.91 Å². The van der Waals surface area contributed by atoms with Gasteiger partial charge in [0.05, 0.1) is 0 Å². The topological polar surface area (TPSA) is 70.7 Å². The Morgan fingerprint density at radius 3 is 2.88 bits per heavy atom. The first kappa shape index (κ1) is 21.0. The second-order valence-corrected chi connectivity index (χ2v) is 7.34. The second kappa shape index (κ2) is 10.1. The molecule has 0 bridgehead atoms. The maximum Gasteiger partial charge on any atom is 0.217 e. The minimum absolute atomic E-state index is 0. The molecule has 2 aliphatic rings. The molecule has 6 heteroatoms. The first-order chi connectivity index (χ1) is 12.2. The predicted molar refractivity (Wildman–Crippen MR) is 117 cm³/mol. The maximum atomic E-state index is 11.2. The molecule has 3 rings (SSSR count). The summed E-state index contributed by atoms with van der Waals surface area (Å²) in [6, 6.07) is 8.81. The minimum atomic E-state index is -0.200. The summed E-state index contributed by atoms with van der Waals surface area (Å²) < 4.78 is 0. The lowest BCUT2D eigenvalue weighted by Gasteiger charge is -2.35. The highest BCUT2D eigenvalue weighted by Crippen LogP contribution is 2.31. The number of rotatable bonds is 4. The number of guanidine groups is 1. The number of piperidine rings is 1. The van der Waals surface area contributed by atoms with Crippen LogP contribution in [0, 0.1) is 5.92 Å². The number of halogens is 1. The first-order valence-electron chi connectivity index (χ1n) is 9.49. The van der Waals surface area contributed by atoms with Gasteiger partial charge < -0.3 is 16.0 Å². The SMILES string of the molecule is CN=C(NCC1CCCc2ccccc21)N1CCCC(CC(N)=O)C1.I. The molecule has 1 fully saturated rings. The van der Waals surface area contributed by atoms with Crippen molar-refractivity contribution in [3.63, 3.8) is 0 Å². The van der Waals surface area contributed by atoms with Gasteiger partial charge in [-0.3, -0.25) is 9.79 Å². The van der Waals surface area contributed by atoms with E-state index in [2.05, 4.69) is 39.5 Å². The number of carbonyl (C=O) groups is 1. The number of nitrogens with two attached hydrogens (primary N) is 1. The Bertz CT molecular complexity index is 634. The summed E-state index contributed by atoms with van der Waals surface area (Å²) in [7, 11) is 1.84. The van der Waals surface area contributed by atoms with Crippen molar-refractivity contribution in [2.45, 2.75) is 44.4 Å². The molecule has 1 aromatic carbocycles. The number of benzene rings is 1. The molecule has 1 amide bonds. The van der Waals surface area contributed by atoms with Crippen LogP contribution in [0.1, 0.15) is 49.1 Å². The standard InChI is InChI=1S/C20H30N4O.HI/c1-22-20(24-11-5-6-15(14-24)12-19(21)25)23-13-17-9-4-8-16-7-2-3-10-18(16)17;/h2-3,7,10,15,17H,4-6,8-9,11-14H2,1H3,(H2,21,25)(H,22,23);1H. The van der Waals surface area contributed by atoms with Gasteiger partial charge in [0.1, 0.15) is 0 Å². The van der Waals surface area contributed by atoms with Crippen molar-refractivity contribution in [2.75, 3.05) is 26.7 Å². The van der Waals surface area contributed by atoms with Gasteiger partial charge in [-0.05, 0) is 49.1 Å².